The van der Waals surface area contributed by atoms with Gasteiger partial charge >= 0.3 is 6.03 Å². The van der Waals surface area contributed by atoms with E-state index in [1.807, 2.05) is 23.5 Å². The Balaban J connectivity index is 2.30. The first-order valence-corrected chi connectivity index (χ1v) is 5.00. The van der Waals surface area contributed by atoms with E-state index < -0.39 is 11.9 Å². The molecule has 3 amide bonds. The number of aromatic nitrogens is 1. The van der Waals surface area contributed by atoms with E-state index in [-0.39, 0.29) is 6.54 Å². The number of benzene rings is 1. The quantitative estimate of drug-likeness (QED) is 0.653. The summed E-state index contributed by atoms with van der Waals surface area (Å²) in [7, 11) is 0. The van der Waals surface area contributed by atoms with Gasteiger partial charge in [0.2, 0.25) is 5.91 Å². The fourth-order valence-corrected chi connectivity index (χ4v) is 1.75. The van der Waals surface area contributed by atoms with Gasteiger partial charge in [0.05, 0.1) is 11.2 Å². The van der Waals surface area contributed by atoms with Gasteiger partial charge < -0.3 is 16.0 Å². The normalized spacial score (nSPS) is 10.4. The summed E-state index contributed by atoms with van der Waals surface area (Å²) in [6.45, 7) is 0.000648. The monoisotopic (exact) mass is 232 g/mol. The summed E-state index contributed by atoms with van der Waals surface area (Å²) in [6.07, 6.45) is 1.74. The number of para-hydroxylation sites is 1. The Labute approximate surface area is 97.2 Å². The lowest BCUT2D eigenvalue weighted by Gasteiger charge is -2.06. The van der Waals surface area contributed by atoms with E-state index in [0.717, 1.165) is 10.9 Å². The Kier molecular flexibility index (Phi) is 2.70. The van der Waals surface area contributed by atoms with Crippen molar-refractivity contribution >= 4 is 28.5 Å². The van der Waals surface area contributed by atoms with Crippen LogP contribution in [0.4, 0.5) is 10.5 Å². The van der Waals surface area contributed by atoms with Crippen LogP contribution < -0.4 is 16.8 Å². The van der Waals surface area contributed by atoms with Crippen molar-refractivity contribution in [3.05, 3.63) is 30.5 Å². The van der Waals surface area contributed by atoms with Crippen molar-refractivity contribution < 1.29 is 9.59 Å². The molecule has 6 heteroatoms. The second-order valence-electron chi connectivity index (χ2n) is 3.64. The predicted molar refractivity (Wildman–Crippen MR) is 64.1 cm³/mol. The molecule has 0 atom stereocenters. The van der Waals surface area contributed by atoms with Crippen molar-refractivity contribution in [2.75, 3.05) is 5.73 Å². The number of anilines is 1. The average Bonchev–Trinajstić information content (AvgIpc) is 2.61. The third kappa shape index (κ3) is 2.20. The molecule has 2 aromatic rings. The molecule has 0 saturated heterocycles. The number of carbonyl (C=O) groups excluding carboxylic acids is 2. The van der Waals surface area contributed by atoms with Gasteiger partial charge in [-0.2, -0.15) is 0 Å². The van der Waals surface area contributed by atoms with Gasteiger partial charge in [0.25, 0.3) is 0 Å². The lowest BCUT2D eigenvalue weighted by atomic mass is 10.2. The molecule has 5 N–H and O–H groups in total. The zero-order valence-electron chi connectivity index (χ0n) is 9.01. The summed E-state index contributed by atoms with van der Waals surface area (Å²) in [5, 5.41) is 2.95. The van der Waals surface area contributed by atoms with Crippen LogP contribution in [0.2, 0.25) is 0 Å². The van der Waals surface area contributed by atoms with Crippen LogP contribution in [-0.2, 0) is 11.3 Å². The largest absolute Gasteiger partial charge is 0.397 e. The van der Waals surface area contributed by atoms with Crippen molar-refractivity contribution in [2.45, 2.75) is 6.54 Å². The first-order chi connectivity index (χ1) is 8.08. The third-order valence-electron chi connectivity index (χ3n) is 2.40. The number of nitrogens with two attached hydrogens (primary N) is 2. The number of urea groups is 1. The van der Waals surface area contributed by atoms with E-state index in [1.54, 1.807) is 16.8 Å². The molecule has 1 aromatic carbocycles. The second kappa shape index (κ2) is 4.17. The van der Waals surface area contributed by atoms with E-state index in [2.05, 4.69) is 0 Å². The maximum Gasteiger partial charge on any atom is 0.318 e. The topological polar surface area (TPSA) is 103 Å². The number of nitrogens with one attached hydrogen (secondary N) is 1. The lowest BCUT2D eigenvalue weighted by molar-refractivity contribution is -0.120. The molecule has 6 nitrogen and oxygen atoms in total. The highest BCUT2D eigenvalue weighted by Gasteiger charge is 2.09. The summed E-state index contributed by atoms with van der Waals surface area (Å²) in [5.74, 6) is -0.474. The van der Waals surface area contributed by atoms with Crippen LogP contribution in [0, 0.1) is 0 Å². The minimum atomic E-state index is -0.862. The van der Waals surface area contributed by atoms with Crippen molar-refractivity contribution in [1.29, 1.82) is 0 Å². The Morgan fingerprint density at radius 1 is 1.29 bits per heavy atom. The zero-order chi connectivity index (χ0) is 12.4. The molecule has 17 heavy (non-hydrogen) atoms. The highest BCUT2D eigenvalue weighted by atomic mass is 16.2. The second-order valence-corrected chi connectivity index (χ2v) is 3.64. The van der Waals surface area contributed by atoms with Gasteiger partial charge in [-0.25, -0.2) is 4.79 Å². The first kappa shape index (κ1) is 11.0. The van der Waals surface area contributed by atoms with Crippen LogP contribution in [0.1, 0.15) is 0 Å². The first-order valence-electron chi connectivity index (χ1n) is 5.00. The Bertz CT molecular complexity index is 588. The molecule has 0 aliphatic rings. The van der Waals surface area contributed by atoms with Gasteiger partial charge in [-0.05, 0) is 12.1 Å². The number of nitrogen functional groups attached to an aromatic ring is 1. The number of fused-ring (bicyclic) bond motifs is 1. The molecular weight excluding hydrogens is 220 g/mol. The number of hydrogen-bond acceptors (Lipinski definition) is 3. The van der Waals surface area contributed by atoms with E-state index in [0.29, 0.717) is 5.69 Å². The van der Waals surface area contributed by atoms with E-state index in [4.69, 9.17) is 11.5 Å². The van der Waals surface area contributed by atoms with Gasteiger partial charge in [0.15, 0.2) is 0 Å². The van der Waals surface area contributed by atoms with E-state index in [9.17, 15) is 9.59 Å². The Morgan fingerprint density at radius 3 is 2.76 bits per heavy atom. The van der Waals surface area contributed by atoms with Crippen molar-refractivity contribution in [3.63, 3.8) is 0 Å². The van der Waals surface area contributed by atoms with Crippen LogP contribution in [0.25, 0.3) is 10.9 Å². The number of primary amides is 1. The van der Waals surface area contributed by atoms with E-state index in [1.165, 1.54) is 0 Å². The van der Waals surface area contributed by atoms with Gasteiger partial charge in [-0.1, -0.05) is 12.1 Å². The van der Waals surface area contributed by atoms with Crippen molar-refractivity contribution in [1.82, 2.24) is 9.88 Å². The molecule has 1 aromatic heterocycles. The number of carbonyl (C=O) groups is 2. The van der Waals surface area contributed by atoms with Gasteiger partial charge in [0.1, 0.15) is 6.54 Å². The summed E-state index contributed by atoms with van der Waals surface area (Å²) in [4.78, 5) is 21.9. The molecule has 1 heterocycles. The van der Waals surface area contributed by atoms with Gasteiger partial charge in [0, 0.05) is 11.6 Å². The van der Waals surface area contributed by atoms with Crippen molar-refractivity contribution in [3.8, 4) is 0 Å². The number of amides is 3. The molecule has 0 radical (unpaired) electrons. The molecule has 0 spiro atoms. The van der Waals surface area contributed by atoms with Crippen LogP contribution in [-0.4, -0.2) is 16.5 Å². The van der Waals surface area contributed by atoms with Crippen LogP contribution in [0.3, 0.4) is 0 Å². The van der Waals surface area contributed by atoms with Crippen LogP contribution >= 0.6 is 0 Å². The molecule has 0 bridgehead atoms. The zero-order valence-corrected chi connectivity index (χ0v) is 9.01. The maximum atomic E-state index is 11.4. The molecule has 0 aliphatic heterocycles. The standard InChI is InChI=1S/C11H12N4O2/c12-8-3-1-2-7-4-5-15(10(7)8)6-9(16)14-11(13)17/h1-5H,6,12H2,(H3,13,14,16,17). The SMILES string of the molecule is NC(=O)NC(=O)Cn1ccc2cccc(N)c21. The average molecular weight is 232 g/mol. The van der Waals surface area contributed by atoms with Gasteiger partial charge in [-0.3, -0.25) is 10.1 Å². The minimum absolute atomic E-state index is 0.000648. The highest BCUT2D eigenvalue weighted by Crippen LogP contribution is 2.21. The molecule has 0 unspecified atom stereocenters. The van der Waals surface area contributed by atoms with E-state index >= 15 is 0 Å². The summed E-state index contributed by atoms with van der Waals surface area (Å²) in [6, 6.07) is 6.48. The molecule has 88 valence electrons. The highest BCUT2D eigenvalue weighted by molar-refractivity contribution is 5.95. The van der Waals surface area contributed by atoms with Crippen LogP contribution in [0.5, 0.6) is 0 Å². The van der Waals surface area contributed by atoms with Gasteiger partial charge in [-0.15, -0.1) is 0 Å². The van der Waals surface area contributed by atoms with Crippen LogP contribution in [0.15, 0.2) is 30.5 Å². The Morgan fingerprint density at radius 2 is 2.06 bits per heavy atom. The summed E-state index contributed by atoms with van der Waals surface area (Å²) < 4.78 is 1.67. The number of hydrogen-bond donors (Lipinski definition) is 3. The number of imide groups is 1. The molecule has 0 saturated carbocycles. The minimum Gasteiger partial charge on any atom is -0.397 e. The van der Waals surface area contributed by atoms with Crippen molar-refractivity contribution in [2.24, 2.45) is 5.73 Å². The Hall–Kier alpha value is -2.50. The maximum absolute atomic E-state index is 11.4. The smallest absolute Gasteiger partial charge is 0.318 e. The summed E-state index contributed by atoms with van der Waals surface area (Å²) >= 11 is 0. The number of rotatable bonds is 2. The predicted octanol–water partition coefficient (Wildman–Crippen LogP) is 0.418. The summed E-state index contributed by atoms with van der Waals surface area (Å²) in [5.41, 5.74) is 12.0. The molecule has 0 fully saturated rings. The molecule has 0 aliphatic carbocycles. The fraction of sp³-hybridized carbons (Fsp3) is 0.0909. The fourth-order valence-electron chi connectivity index (χ4n) is 1.75. The third-order valence-corrected chi connectivity index (χ3v) is 2.40. The lowest BCUT2D eigenvalue weighted by Crippen LogP contribution is -2.37. The number of nitrogens with zero attached hydrogens (tertiary/aromatic N) is 1. The molecular formula is C11H12N4O2. The molecule has 2 rings (SSSR count).